The molecule has 0 aliphatic carbocycles. The summed E-state index contributed by atoms with van der Waals surface area (Å²) in [4.78, 5) is 9.80. The maximum absolute atomic E-state index is 10.6. The number of halogens is 2. The predicted molar refractivity (Wildman–Crippen MR) is 77.3 cm³/mol. The third-order valence-electron chi connectivity index (χ3n) is 4.33. The van der Waals surface area contributed by atoms with E-state index in [9.17, 15) is 5.11 Å². The molecule has 3 unspecified atom stereocenters. The van der Waals surface area contributed by atoms with Crippen LogP contribution in [0.3, 0.4) is 0 Å². The molecule has 1 spiro atoms. The molecule has 1 saturated heterocycles. The van der Waals surface area contributed by atoms with E-state index in [1.54, 1.807) is 0 Å². The van der Waals surface area contributed by atoms with Gasteiger partial charge in [0.2, 0.25) is 0 Å². The van der Waals surface area contributed by atoms with Crippen molar-refractivity contribution in [3.05, 3.63) is 20.3 Å². The van der Waals surface area contributed by atoms with E-state index in [0.717, 1.165) is 39.7 Å². The maximum atomic E-state index is 10.6. The van der Waals surface area contributed by atoms with Gasteiger partial charge < -0.3 is 21.1 Å². The molecule has 3 atom stereocenters. The standard InChI is InChI=1S/C11H13Br2N5O/c12-5-4-6(15-8(5)13)9(19)18-3-1-2-11(18)7(4)16-10(14)17-11/h7,9,15,19H,1-3H2,(H3,14,16,17). The van der Waals surface area contributed by atoms with E-state index < -0.39 is 6.23 Å². The summed E-state index contributed by atoms with van der Waals surface area (Å²) in [6.45, 7) is 0.834. The number of nitrogens with zero attached hydrogens (tertiary/aromatic N) is 2. The fourth-order valence-electron chi connectivity index (χ4n) is 3.61. The molecule has 4 rings (SSSR count). The van der Waals surface area contributed by atoms with Gasteiger partial charge in [-0.1, -0.05) is 0 Å². The molecule has 1 fully saturated rings. The number of aromatic amines is 1. The van der Waals surface area contributed by atoms with E-state index in [-0.39, 0.29) is 11.7 Å². The second-order valence-electron chi connectivity index (χ2n) is 5.22. The van der Waals surface area contributed by atoms with Crippen LogP contribution in [-0.4, -0.2) is 33.2 Å². The molecular weight excluding hydrogens is 378 g/mol. The molecule has 0 aromatic carbocycles. The van der Waals surface area contributed by atoms with E-state index in [1.165, 1.54) is 0 Å². The van der Waals surface area contributed by atoms with Gasteiger partial charge in [-0.3, -0.25) is 0 Å². The summed E-state index contributed by atoms with van der Waals surface area (Å²) in [5, 5.41) is 13.9. The summed E-state index contributed by atoms with van der Waals surface area (Å²) in [7, 11) is 0. The number of aliphatic hydroxyl groups is 1. The Bertz CT molecular complexity index is 600. The molecule has 8 heteroatoms. The molecule has 0 bridgehead atoms. The molecule has 0 amide bonds. The average molecular weight is 391 g/mol. The lowest BCUT2D eigenvalue weighted by molar-refractivity contribution is -0.0758. The number of hydrogen-bond acceptors (Lipinski definition) is 5. The summed E-state index contributed by atoms with van der Waals surface area (Å²) in [6.07, 6.45) is 1.28. The number of aromatic nitrogens is 1. The van der Waals surface area contributed by atoms with Gasteiger partial charge in [0.15, 0.2) is 12.2 Å². The first-order valence-corrected chi connectivity index (χ1v) is 7.76. The van der Waals surface area contributed by atoms with Crippen LogP contribution in [0.4, 0.5) is 0 Å². The number of hydrogen-bond donors (Lipinski definition) is 4. The van der Waals surface area contributed by atoms with Crippen LogP contribution in [-0.2, 0) is 0 Å². The van der Waals surface area contributed by atoms with Crippen molar-refractivity contribution in [2.75, 3.05) is 6.54 Å². The highest BCUT2D eigenvalue weighted by Crippen LogP contribution is 2.54. The van der Waals surface area contributed by atoms with Gasteiger partial charge in [0, 0.05) is 12.1 Å². The van der Waals surface area contributed by atoms with Crippen molar-refractivity contribution >= 4 is 37.8 Å². The second-order valence-corrected chi connectivity index (χ2v) is 6.80. The van der Waals surface area contributed by atoms with E-state index in [0.29, 0.717) is 5.96 Å². The van der Waals surface area contributed by atoms with Gasteiger partial charge in [0.05, 0.1) is 14.8 Å². The number of H-pyrrole nitrogens is 1. The van der Waals surface area contributed by atoms with Crippen LogP contribution in [0.25, 0.3) is 0 Å². The Morgan fingerprint density at radius 2 is 2.26 bits per heavy atom. The summed E-state index contributed by atoms with van der Waals surface area (Å²) >= 11 is 7.03. The molecule has 1 aromatic rings. The Kier molecular flexibility index (Phi) is 2.41. The third kappa shape index (κ3) is 1.35. The molecule has 0 saturated carbocycles. The van der Waals surface area contributed by atoms with Crippen LogP contribution in [0.1, 0.15) is 36.4 Å². The topological polar surface area (TPSA) is 89.7 Å². The Morgan fingerprint density at radius 1 is 1.47 bits per heavy atom. The highest BCUT2D eigenvalue weighted by molar-refractivity contribution is 9.13. The summed E-state index contributed by atoms with van der Waals surface area (Å²) in [5.41, 5.74) is 7.31. The van der Waals surface area contributed by atoms with Gasteiger partial charge in [-0.2, -0.15) is 0 Å². The molecule has 5 N–H and O–H groups in total. The van der Waals surface area contributed by atoms with E-state index >= 15 is 0 Å². The molecule has 1 aromatic heterocycles. The summed E-state index contributed by atoms with van der Waals surface area (Å²) in [5.74, 6) is 0.446. The SMILES string of the molecule is NC1=NC2c3c([nH]c(Br)c3Br)C(O)N3CCCC23N1. The van der Waals surface area contributed by atoms with Crippen LogP contribution in [0.15, 0.2) is 14.1 Å². The molecule has 19 heavy (non-hydrogen) atoms. The lowest BCUT2D eigenvalue weighted by atomic mass is 9.88. The van der Waals surface area contributed by atoms with Gasteiger partial charge in [0.25, 0.3) is 0 Å². The first-order valence-electron chi connectivity index (χ1n) is 6.17. The lowest BCUT2D eigenvalue weighted by Crippen LogP contribution is -2.60. The van der Waals surface area contributed by atoms with Gasteiger partial charge >= 0.3 is 0 Å². The number of guanidine groups is 1. The zero-order valence-electron chi connectivity index (χ0n) is 9.95. The van der Waals surface area contributed by atoms with Gasteiger partial charge in [-0.05, 0) is 44.7 Å². The van der Waals surface area contributed by atoms with Crippen LogP contribution in [0.2, 0.25) is 0 Å². The number of fused-ring (bicyclic) bond motifs is 2. The van der Waals surface area contributed by atoms with Crippen LogP contribution in [0, 0.1) is 0 Å². The molecule has 0 radical (unpaired) electrons. The third-order valence-corrected chi connectivity index (χ3v) is 6.28. The molecule has 6 nitrogen and oxygen atoms in total. The molecule has 3 aliphatic rings. The van der Waals surface area contributed by atoms with Gasteiger partial charge in [0.1, 0.15) is 11.7 Å². The fourth-order valence-corrected chi connectivity index (χ4v) is 4.56. The highest BCUT2D eigenvalue weighted by Gasteiger charge is 2.59. The number of rotatable bonds is 0. The average Bonchev–Trinajstić information content (AvgIpc) is 2.99. The Hall–Kier alpha value is -0.570. The predicted octanol–water partition coefficient (Wildman–Crippen LogP) is 1.30. The largest absolute Gasteiger partial charge is 0.372 e. The quantitative estimate of drug-likeness (QED) is 0.537. The first-order chi connectivity index (χ1) is 9.04. The lowest BCUT2D eigenvalue weighted by Gasteiger charge is -2.45. The van der Waals surface area contributed by atoms with Crippen molar-refractivity contribution in [2.45, 2.75) is 30.8 Å². The Labute approximate surface area is 126 Å². The number of aliphatic imine (C=N–C) groups is 1. The minimum Gasteiger partial charge on any atom is -0.372 e. The zero-order chi connectivity index (χ0) is 13.4. The maximum Gasteiger partial charge on any atom is 0.190 e. The highest BCUT2D eigenvalue weighted by atomic mass is 79.9. The number of nitrogens with one attached hydrogen (secondary N) is 2. The van der Waals surface area contributed by atoms with Crippen molar-refractivity contribution in [1.29, 1.82) is 0 Å². The number of nitrogens with two attached hydrogens (primary N) is 1. The monoisotopic (exact) mass is 389 g/mol. The smallest absolute Gasteiger partial charge is 0.190 e. The number of aliphatic hydroxyl groups excluding tert-OH is 1. The summed E-state index contributed by atoms with van der Waals surface area (Å²) in [6, 6.07) is -0.0923. The minimum atomic E-state index is -0.662. The second kappa shape index (κ2) is 3.75. The molecule has 3 aliphatic heterocycles. The molecular formula is C11H13Br2N5O. The van der Waals surface area contributed by atoms with Gasteiger partial charge in [-0.25, -0.2) is 9.89 Å². The van der Waals surface area contributed by atoms with Crippen molar-refractivity contribution < 1.29 is 5.11 Å². The van der Waals surface area contributed by atoms with Crippen molar-refractivity contribution in [3.63, 3.8) is 0 Å². The van der Waals surface area contributed by atoms with E-state index in [1.807, 2.05) is 0 Å². The summed E-state index contributed by atoms with van der Waals surface area (Å²) < 4.78 is 1.74. The van der Waals surface area contributed by atoms with Crippen LogP contribution >= 0.6 is 31.9 Å². The van der Waals surface area contributed by atoms with Crippen molar-refractivity contribution in [3.8, 4) is 0 Å². The van der Waals surface area contributed by atoms with Crippen LogP contribution in [0.5, 0.6) is 0 Å². The molecule has 102 valence electrons. The molecule has 4 heterocycles. The normalized spacial score (nSPS) is 36.5. The fraction of sp³-hybridized carbons (Fsp3) is 0.545. The van der Waals surface area contributed by atoms with Gasteiger partial charge in [-0.15, -0.1) is 0 Å². The minimum absolute atomic E-state index is 0.0923. The Balaban J connectivity index is 1.98. The van der Waals surface area contributed by atoms with Crippen molar-refractivity contribution in [2.24, 2.45) is 10.7 Å². The van der Waals surface area contributed by atoms with E-state index in [4.69, 9.17) is 5.73 Å². The van der Waals surface area contributed by atoms with Crippen LogP contribution < -0.4 is 11.1 Å². The Morgan fingerprint density at radius 3 is 3.05 bits per heavy atom. The first kappa shape index (κ1) is 12.2. The zero-order valence-corrected chi connectivity index (χ0v) is 13.1. The van der Waals surface area contributed by atoms with E-state index in [2.05, 4.69) is 52.1 Å². The van der Waals surface area contributed by atoms with Crippen molar-refractivity contribution in [1.82, 2.24) is 15.2 Å².